The summed E-state index contributed by atoms with van der Waals surface area (Å²) in [6, 6.07) is 10.2. The molecule has 0 saturated heterocycles. The van der Waals surface area contributed by atoms with Crippen LogP contribution in [0.1, 0.15) is 22.7 Å². The van der Waals surface area contributed by atoms with E-state index >= 15 is 0 Å². The van der Waals surface area contributed by atoms with Crippen LogP contribution in [0.25, 0.3) is 0 Å². The second-order valence-corrected chi connectivity index (χ2v) is 5.73. The van der Waals surface area contributed by atoms with Crippen molar-refractivity contribution in [1.29, 1.82) is 0 Å². The molecule has 3 rings (SSSR count). The molecule has 0 amide bonds. The van der Waals surface area contributed by atoms with Crippen LogP contribution in [0.2, 0.25) is 0 Å². The molecule has 0 fully saturated rings. The number of hydrogen-bond donors (Lipinski definition) is 2. The van der Waals surface area contributed by atoms with Crippen molar-refractivity contribution in [1.82, 2.24) is 0 Å². The summed E-state index contributed by atoms with van der Waals surface area (Å²) in [6.07, 6.45) is -5.11. The summed E-state index contributed by atoms with van der Waals surface area (Å²) in [6.45, 7) is 0. The number of para-hydroxylation sites is 1. The van der Waals surface area contributed by atoms with E-state index in [-0.39, 0.29) is 0 Å². The van der Waals surface area contributed by atoms with E-state index in [1.165, 1.54) is 6.07 Å². The summed E-state index contributed by atoms with van der Waals surface area (Å²) in [5, 5.41) is 19.9. The molecular weight excluding hydrogens is 307 g/mol. The van der Waals surface area contributed by atoms with Crippen molar-refractivity contribution in [3.63, 3.8) is 0 Å². The van der Waals surface area contributed by atoms with Gasteiger partial charge >= 0.3 is 6.18 Å². The van der Waals surface area contributed by atoms with E-state index in [0.717, 1.165) is 23.4 Å². The van der Waals surface area contributed by atoms with Crippen molar-refractivity contribution in [3.8, 4) is 5.75 Å². The first kappa shape index (κ1) is 15.7. The van der Waals surface area contributed by atoms with Gasteiger partial charge in [0.05, 0.1) is 17.7 Å². The number of aliphatic hydroxyl groups is 1. The van der Waals surface area contributed by atoms with Crippen LogP contribution in [0, 0.1) is 0 Å². The molecule has 0 aliphatic carbocycles. The van der Waals surface area contributed by atoms with Crippen molar-refractivity contribution < 1.29 is 23.4 Å². The van der Waals surface area contributed by atoms with Crippen LogP contribution < -0.4 is 4.90 Å². The number of phenolic OH excluding ortho intramolecular Hbond substituents is 1. The Bertz CT molecular complexity index is 730. The van der Waals surface area contributed by atoms with Crippen LogP contribution in [0.15, 0.2) is 42.5 Å². The predicted octanol–water partition coefficient (Wildman–Crippen LogP) is 3.51. The molecule has 1 aliphatic heterocycles. The summed E-state index contributed by atoms with van der Waals surface area (Å²) < 4.78 is 39.0. The number of phenols is 1. The Morgan fingerprint density at radius 2 is 1.83 bits per heavy atom. The van der Waals surface area contributed by atoms with Gasteiger partial charge in [-0.2, -0.15) is 13.2 Å². The summed E-state index contributed by atoms with van der Waals surface area (Å²) in [4.78, 5) is 1.77. The number of nitrogens with zero attached hydrogens (tertiary/aromatic N) is 1. The van der Waals surface area contributed by atoms with Gasteiger partial charge in [0.15, 0.2) is 0 Å². The summed E-state index contributed by atoms with van der Waals surface area (Å²) >= 11 is 0. The Morgan fingerprint density at radius 1 is 1.13 bits per heavy atom. The predicted molar refractivity (Wildman–Crippen MR) is 80.4 cm³/mol. The Labute approximate surface area is 131 Å². The van der Waals surface area contributed by atoms with E-state index in [1.807, 2.05) is 24.3 Å². The van der Waals surface area contributed by atoms with Crippen molar-refractivity contribution in [2.24, 2.45) is 0 Å². The fourth-order valence-corrected chi connectivity index (χ4v) is 3.18. The van der Waals surface area contributed by atoms with Crippen molar-refractivity contribution in [3.05, 3.63) is 59.2 Å². The Balaban J connectivity index is 2.05. The number of aromatic hydroxyl groups is 1. The number of fused-ring (bicyclic) bond motifs is 1. The lowest BCUT2D eigenvalue weighted by Crippen LogP contribution is -2.39. The highest BCUT2D eigenvalue weighted by Gasteiger charge is 2.37. The quantitative estimate of drug-likeness (QED) is 0.844. The van der Waals surface area contributed by atoms with Gasteiger partial charge in [-0.1, -0.05) is 24.3 Å². The zero-order valence-corrected chi connectivity index (χ0v) is 12.4. The minimum atomic E-state index is -4.64. The van der Waals surface area contributed by atoms with Crippen molar-refractivity contribution in [2.75, 3.05) is 11.9 Å². The lowest BCUT2D eigenvalue weighted by atomic mass is 9.88. The van der Waals surface area contributed by atoms with Crippen LogP contribution in [-0.4, -0.2) is 23.4 Å². The number of hydrogen-bond acceptors (Lipinski definition) is 3. The van der Waals surface area contributed by atoms with Crippen molar-refractivity contribution >= 4 is 5.69 Å². The SMILES string of the molecule is CN1c2ccccc2CC(O)C1c1ccc(O)c(C(F)(F)F)c1. The second-order valence-electron chi connectivity index (χ2n) is 5.73. The van der Waals surface area contributed by atoms with E-state index in [9.17, 15) is 23.4 Å². The first-order valence-electron chi connectivity index (χ1n) is 7.18. The minimum Gasteiger partial charge on any atom is -0.507 e. The lowest BCUT2D eigenvalue weighted by molar-refractivity contribution is -0.138. The summed E-state index contributed by atoms with van der Waals surface area (Å²) in [5.41, 5.74) is 1.06. The van der Waals surface area contributed by atoms with Crippen LogP contribution in [0.3, 0.4) is 0 Å². The van der Waals surface area contributed by atoms with Crippen molar-refractivity contribution in [2.45, 2.75) is 24.7 Å². The minimum absolute atomic E-state index is 0.319. The molecule has 2 aromatic carbocycles. The molecule has 2 N–H and O–H groups in total. The number of benzene rings is 2. The number of alkyl halides is 3. The fraction of sp³-hybridized carbons (Fsp3) is 0.294. The Morgan fingerprint density at radius 3 is 2.52 bits per heavy atom. The molecule has 0 saturated carbocycles. The third-order valence-corrected chi connectivity index (χ3v) is 4.25. The number of rotatable bonds is 1. The molecule has 6 heteroatoms. The van der Waals surface area contributed by atoms with E-state index < -0.39 is 29.6 Å². The van der Waals surface area contributed by atoms with Gasteiger partial charge in [-0.25, -0.2) is 0 Å². The molecule has 1 heterocycles. The topological polar surface area (TPSA) is 43.7 Å². The maximum Gasteiger partial charge on any atom is 0.419 e. The molecule has 2 unspecified atom stereocenters. The molecule has 0 radical (unpaired) electrons. The number of anilines is 1. The lowest BCUT2D eigenvalue weighted by Gasteiger charge is -2.40. The third-order valence-electron chi connectivity index (χ3n) is 4.25. The van der Waals surface area contributed by atoms with E-state index in [2.05, 4.69) is 0 Å². The Hall–Kier alpha value is -2.21. The van der Waals surface area contributed by atoms with Crippen LogP contribution >= 0.6 is 0 Å². The third kappa shape index (κ3) is 2.74. The van der Waals surface area contributed by atoms with Gasteiger partial charge in [-0.15, -0.1) is 0 Å². The van der Waals surface area contributed by atoms with E-state index in [4.69, 9.17) is 0 Å². The molecule has 2 atom stereocenters. The number of aliphatic hydroxyl groups excluding tert-OH is 1. The van der Waals surface area contributed by atoms with Crippen LogP contribution in [0.5, 0.6) is 5.75 Å². The number of likely N-dealkylation sites (N-methyl/N-ethyl adjacent to an activating group) is 1. The largest absolute Gasteiger partial charge is 0.507 e. The molecular formula is C17H16F3NO2. The van der Waals surface area contributed by atoms with E-state index in [1.54, 1.807) is 11.9 Å². The van der Waals surface area contributed by atoms with Gasteiger partial charge in [-0.3, -0.25) is 0 Å². The van der Waals surface area contributed by atoms with Gasteiger partial charge in [0, 0.05) is 19.2 Å². The maximum absolute atomic E-state index is 13.0. The zero-order chi connectivity index (χ0) is 16.8. The first-order chi connectivity index (χ1) is 10.8. The Kier molecular flexibility index (Phi) is 3.72. The normalized spacial score (nSPS) is 21.2. The molecule has 2 aromatic rings. The molecule has 122 valence electrons. The van der Waals surface area contributed by atoms with E-state index in [0.29, 0.717) is 12.0 Å². The molecule has 0 aromatic heterocycles. The molecule has 1 aliphatic rings. The molecule has 23 heavy (non-hydrogen) atoms. The molecule has 0 spiro atoms. The monoisotopic (exact) mass is 323 g/mol. The summed E-state index contributed by atoms with van der Waals surface area (Å²) in [7, 11) is 1.74. The zero-order valence-electron chi connectivity index (χ0n) is 12.4. The number of halogens is 3. The summed E-state index contributed by atoms with van der Waals surface area (Å²) in [5.74, 6) is -0.811. The first-order valence-corrected chi connectivity index (χ1v) is 7.18. The van der Waals surface area contributed by atoms with Gasteiger partial charge in [-0.05, 0) is 29.3 Å². The van der Waals surface area contributed by atoms with Crippen LogP contribution in [-0.2, 0) is 12.6 Å². The molecule has 3 nitrogen and oxygen atoms in total. The van der Waals surface area contributed by atoms with Gasteiger partial charge < -0.3 is 15.1 Å². The second kappa shape index (κ2) is 5.45. The highest BCUT2D eigenvalue weighted by Crippen LogP contribution is 2.41. The van der Waals surface area contributed by atoms with Gasteiger partial charge in [0.2, 0.25) is 0 Å². The standard InChI is InChI=1S/C17H16F3NO2/c1-21-13-5-3-2-4-10(13)9-15(23)16(21)11-6-7-14(22)12(8-11)17(18,19)20/h2-8,15-16,22-23H,9H2,1H3. The molecule has 0 bridgehead atoms. The average molecular weight is 323 g/mol. The highest BCUT2D eigenvalue weighted by molar-refractivity contribution is 5.58. The average Bonchev–Trinajstić information content (AvgIpc) is 2.47. The van der Waals surface area contributed by atoms with Gasteiger partial charge in [0.1, 0.15) is 5.75 Å². The highest BCUT2D eigenvalue weighted by atomic mass is 19.4. The van der Waals surface area contributed by atoms with Crippen LogP contribution in [0.4, 0.5) is 18.9 Å². The fourth-order valence-electron chi connectivity index (χ4n) is 3.18. The van der Waals surface area contributed by atoms with Gasteiger partial charge in [0.25, 0.3) is 0 Å². The maximum atomic E-state index is 13.0. The smallest absolute Gasteiger partial charge is 0.419 e.